The molecule has 2 aromatic rings. The summed E-state index contributed by atoms with van der Waals surface area (Å²) in [5.41, 5.74) is 9.59. The van der Waals surface area contributed by atoms with Crippen LogP contribution in [0.25, 0.3) is 17.2 Å². The molecule has 2 aromatic carbocycles. The first-order chi connectivity index (χ1) is 11.8. The molecule has 3 rings (SSSR count). The Morgan fingerprint density at radius 3 is 2.32 bits per heavy atom. The van der Waals surface area contributed by atoms with Crippen molar-refractivity contribution in [3.8, 4) is 11.1 Å². The van der Waals surface area contributed by atoms with Gasteiger partial charge in [0.05, 0.1) is 0 Å². The van der Waals surface area contributed by atoms with Gasteiger partial charge in [0.2, 0.25) is 0 Å². The third-order valence-electron chi connectivity index (χ3n) is 5.16. The van der Waals surface area contributed by atoms with Gasteiger partial charge in [0, 0.05) is 0 Å². The van der Waals surface area contributed by atoms with Crippen molar-refractivity contribution in [1.82, 2.24) is 0 Å². The van der Waals surface area contributed by atoms with E-state index in [1.807, 2.05) is 0 Å². The van der Waals surface area contributed by atoms with Gasteiger partial charge in [-0.1, -0.05) is 0 Å². The van der Waals surface area contributed by atoms with E-state index in [0.29, 0.717) is 0 Å². The van der Waals surface area contributed by atoms with Crippen molar-refractivity contribution in [2.45, 2.75) is 44.7 Å². The second-order valence-electron chi connectivity index (χ2n) is 7.84. The Balaban J connectivity index is 2.31. The molecule has 0 spiro atoms. The van der Waals surface area contributed by atoms with E-state index in [4.69, 9.17) is 17.0 Å². The van der Waals surface area contributed by atoms with Crippen molar-refractivity contribution >= 4 is 23.1 Å². The molecule has 0 nitrogen and oxygen atoms in total. The molecule has 0 N–H and O–H groups in total. The van der Waals surface area contributed by atoms with Gasteiger partial charge in [0.15, 0.2) is 0 Å². The topological polar surface area (TPSA) is 0 Å². The molecule has 3 heteroatoms. The van der Waals surface area contributed by atoms with E-state index in [9.17, 15) is 0 Å². The van der Waals surface area contributed by atoms with Crippen LogP contribution in [-0.2, 0) is 25.8 Å². The van der Waals surface area contributed by atoms with Gasteiger partial charge in [-0.3, -0.25) is 0 Å². The molecule has 25 heavy (non-hydrogen) atoms. The van der Waals surface area contributed by atoms with E-state index in [1.54, 1.807) is 0 Å². The third-order valence-corrected chi connectivity index (χ3v) is 10.3. The van der Waals surface area contributed by atoms with Gasteiger partial charge < -0.3 is 0 Å². The fourth-order valence-electron chi connectivity index (χ4n) is 3.87. The van der Waals surface area contributed by atoms with Crippen LogP contribution in [0.3, 0.4) is 0 Å². The number of aryl methyl sites for hydroxylation is 2. The number of hydrogen-bond donors (Lipinski definition) is 0. The van der Waals surface area contributed by atoms with Gasteiger partial charge in [-0.2, -0.15) is 0 Å². The Hall–Kier alpha value is -0.357. The van der Waals surface area contributed by atoms with E-state index in [1.165, 1.54) is 39.0 Å². The number of fused-ring (bicyclic) bond motifs is 1. The monoisotopic (exact) mass is 449 g/mol. The molecule has 0 aromatic heterocycles. The molecule has 0 heterocycles. The molecular weight excluding hydrogens is 426 g/mol. The molecule has 131 valence electrons. The Morgan fingerprint density at radius 1 is 1.04 bits per heavy atom. The Bertz CT molecular complexity index is 828. The molecule has 0 fully saturated rings. The molecule has 0 saturated heterocycles. The molecule has 0 aliphatic heterocycles. The van der Waals surface area contributed by atoms with Crippen LogP contribution in [0.2, 0.25) is 0 Å². The molecule has 1 unspecified atom stereocenters. The van der Waals surface area contributed by atoms with Crippen LogP contribution in [0.15, 0.2) is 42.0 Å². The van der Waals surface area contributed by atoms with Gasteiger partial charge in [-0.15, -0.1) is 0 Å². The second kappa shape index (κ2) is 7.34. The van der Waals surface area contributed by atoms with E-state index < -0.39 is 19.4 Å². The number of benzene rings is 2. The summed E-state index contributed by atoms with van der Waals surface area (Å²) in [6, 6.07) is 13.3. The fraction of sp³-hybridized carbons (Fsp3) is 0.364. The standard InChI is InChI=1S/C22H25.2ClH.Zr/c1-6-16-9-7-8-10-19(16)21-15(2)11-12-17-13-18(14-20(17)21)22(3,4)5;;;/h7-14H,6H2,1-5H3;2*1H;/q;;;+2/p-2. The molecule has 1 aliphatic rings. The van der Waals surface area contributed by atoms with Gasteiger partial charge in [0.25, 0.3) is 0 Å². The first-order valence-electron chi connectivity index (χ1n) is 8.87. The van der Waals surface area contributed by atoms with Crippen molar-refractivity contribution in [3.05, 3.63) is 64.2 Å². The number of allylic oxidation sites excluding steroid dienone is 1. The summed E-state index contributed by atoms with van der Waals surface area (Å²) < 4.78 is 0.258. The van der Waals surface area contributed by atoms with Crippen molar-refractivity contribution < 1.29 is 19.4 Å². The quantitative estimate of drug-likeness (QED) is 0.450. The Labute approximate surface area is 167 Å². The number of rotatable bonds is 3. The fourth-order valence-corrected chi connectivity index (χ4v) is 9.70. The van der Waals surface area contributed by atoms with Crippen LogP contribution in [0.5, 0.6) is 0 Å². The van der Waals surface area contributed by atoms with Crippen LogP contribution in [0.4, 0.5) is 0 Å². The van der Waals surface area contributed by atoms with Crippen LogP contribution < -0.4 is 0 Å². The zero-order chi connectivity index (χ0) is 18.4. The molecular formula is C22H25Cl2Zr. The van der Waals surface area contributed by atoms with E-state index in [-0.39, 0.29) is 9.04 Å². The van der Waals surface area contributed by atoms with Crippen molar-refractivity contribution in [2.75, 3.05) is 0 Å². The SMILES string of the molecule is CCc1ccccc1-c1c(C)ccc2c1C=C(C(C)(C)C)[CH]2[Zr]([Cl])[Cl]. The number of halogens is 2. The minimum atomic E-state index is -2.49. The zero-order valence-electron chi connectivity index (χ0n) is 15.6. The van der Waals surface area contributed by atoms with Crippen LogP contribution in [0.1, 0.15) is 53.6 Å². The summed E-state index contributed by atoms with van der Waals surface area (Å²) in [6.45, 7) is 11.2. The van der Waals surface area contributed by atoms with Gasteiger partial charge in [-0.05, 0) is 0 Å². The molecule has 0 bridgehead atoms. The van der Waals surface area contributed by atoms with Gasteiger partial charge >= 0.3 is 168 Å². The average Bonchev–Trinajstić information content (AvgIpc) is 2.94. The Kier molecular flexibility index (Phi) is 5.70. The van der Waals surface area contributed by atoms with Crippen molar-refractivity contribution in [3.63, 3.8) is 0 Å². The van der Waals surface area contributed by atoms with Crippen LogP contribution >= 0.6 is 17.0 Å². The average molecular weight is 452 g/mol. The van der Waals surface area contributed by atoms with Crippen molar-refractivity contribution in [1.29, 1.82) is 0 Å². The van der Waals surface area contributed by atoms with Gasteiger partial charge in [0.1, 0.15) is 0 Å². The molecule has 0 radical (unpaired) electrons. The summed E-state index contributed by atoms with van der Waals surface area (Å²) in [5, 5.41) is 0. The molecule has 1 aliphatic carbocycles. The summed E-state index contributed by atoms with van der Waals surface area (Å²) >= 11 is -2.49. The Morgan fingerprint density at radius 2 is 1.72 bits per heavy atom. The molecule has 0 amide bonds. The van der Waals surface area contributed by atoms with E-state index >= 15 is 0 Å². The van der Waals surface area contributed by atoms with Crippen LogP contribution in [-0.4, -0.2) is 0 Å². The summed E-state index contributed by atoms with van der Waals surface area (Å²) in [7, 11) is 13.3. The zero-order valence-corrected chi connectivity index (χ0v) is 19.6. The second-order valence-corrected chi connectivity index (χ2v) is 16.6. The number of hydrogen-bond acceptors (Lipinski definition) is 0. The normalized spacial score (nSPS) is 16.6. The minimum absolute atomic E-state index is 0.0781. The summed E-state index contributed by atoms with van der Waals surface area (Å²) in [4.78, 5) is 0. The first kappa shape index (κ1) is 19.4. The van der Waals surface area contributed by atoms with E-state index in [2.05, 4.69) is 77.1 Å². The summed E-state index contributed by atoms with van der Waals surface area (Å²) in [5.74, 6) is 0. The predicted octanol–water partition coefficient (Wildman–Crippen LogP) is 7.63. The maximum atomic E-state index is 6.63. The maximum absolute atomic E-state index is 6.63. The van der Waals surface area contributed by atoms with Crippen LogP contribution in [0, 0.1) is 12.3 Å². The van der Waals surface area contributed by atoms with E-state index in [0.717, 1.165) is 6.42 Å². The van der Waals surface area contributed by atoms with Gasteiger partial charge in [-0.25, -0.2) is 0 Å². The third kappa shape index (κ3) is 3.58. The summed E-state index contributed by atoms with van der Waals surface area (Å²) in [6.07, 6.45) is 3.42. The molecule has 1 atom stereocenters. The first-order valence-corrected chi connectivity index (χ1v) is 16.6. The van der Waals surface area contributed by atoms with Crippen molar-refractivity contribution in [2.24, 2.45) is 5.41 Å². The molecule has 0 saturated carbocycles. The predicted molar refractivity (Wildman–Crippen MR) is 108 cm³/mol.